The van der Waals surface area contributed by atoms with Crippen LogP contribution in [0.4, 0.5) is 0 Å². The van der Waals surface area contributed by atoms with Gasteiger partial charge in [0.2, 0.25) is 0 Å². The summed E-state index contributed by atoms with van der Waals surface area (Å²) in [6, 6.07) is 8.84. The van der Waals surface area contributed by atoms with E-state index in [2.05, 4.69) is 45.5 Å². The Morgan fingerprint density at radius 2 is 2.07 bits per heavy atom. The highest BCUT2D eigenvalue weighted by Crippen LogP contribution is 2.28. The van der Waals surface area contributed by atoms with Crippen LogP contribution in [0.15, 0.2) is 28.7 Å². The molecule has 0 amide bonds. The number of rotatable bonds is 2. The van der Waals surface area contributed by atoms with E-state index < -0.39 is 0 Å². The van der Waals surface area contributed by atoms with E-state index in [4.69, 9.17) is 4.74 Å². The average Bonchev–Trinajstić information content (AvgIpc) is 2.30. The molecule has 1 aromatic rings. The first-order chi connectivity index (χ1) is 7.31. The minimum Gasteiger partial charge on any atom is -0.372 e. The van der Waals surface area contributed by atoms with Crippen LogP contribution in [0.3, 0.4) is 0 Å². The second kappa shape index (κ2) is 5.10. The standard InChI is InChI=1S/C12H16BrNO/c1-14-11-3-2-8-15-12(11)9-4-6-10(13)7-5-9/h4-7,11-12,14H,2-3,8H2,1H3/t11-,12+/m0/s1. The zero-order chi connectivity index (χ0) is 10.7. The molecule has 2 rings (SSSR count). The number of halogens is 1. The van der Waals surface area contributed by atoms with Crippen molar-refractivity contribution in [3.05, 3.63) is 34.3 Å². The van der Waals surface area contributed by atoms with Crippen molar-refractivity contribution in [2.75, 3.05) is 13.7 Å². The Hall–Kier alpha value is -0.380. The van der Waals surface area contributed by atoms with E-state index >= 15 is 0 Å². The molecule has 1 heterocycles. The molecule has 0 spiro atoms. The molecule has 1 aliphatic rings. The third-order valence-electron chi connectivity index (χ3n) is 2.89. The van der Waals surface area contributed by atoms with Gasteiger partial charge in [-0.15, -0.1) is 0 Å². The largest absolute Gasteiger partial charge is 0.372 e. The van der Waals surface area contributed by atoms with Crippen molar-refractivity contribution >= 4 is 15.9 Å². The van der Waals surface area contributed by atoms with Crippen LogP contribution in [0.25, 0.3) is 0 Å². The highest BCUT2D eigenvalue weighted by atomic mass is 79.9. The number of nitrogens with one attached hydrogen (secondary N) is 1. The van der Waals surface area contributed by atoms with Gasteiger partial charge in [0.1, 0.15) is 0 Å². The summed E-state index contributed by atoms with van der Waals surface area (Å²) in [5.74, 6) is 0. The average molecular weight is 270 g/mol. The van der Waals surface area contributed by atoms with Gasteiger partial charge in [0.25, 0.3) is 0 Å². The first-order valence-corrected chi connectivity index (χ1v) is 6.15. The maximum atomic E-state index is 5.83. The fraction of sp³-hybridized carbons (Fsp3) is 0.500. The molecule has 1 saturated heterocycles. The Balaban J connectivity index is 2.16. The third-order valence-corrected chi connectivity index (χ3v) is 3.42. The molecule has 2 atom stereocenters. The molecule has 1 aliphatic heterocycles. The lowest BCUT2D eigenvalue weighted by atomic mass is 9.96. The predicted molar refractivity (Wildman–Crippen MR) is 64.9 cm³/mol. The predicted octanol–water partition coefficient (Wildman–Crippen LogP) is 2.89. The fourth-order valence-electron chi connectivity index (χ4n) is 2.06. The lowest BCUT2D eigenvalue weighted by Gasteiger charge is -2.31. The molecule has 15 heavy (non-hydrogen) atoms. The van der Waals surface area contributed by atoms with Crippen molar-refractivity contribution in [3.63, 3.8) is 0 Å². The Bertz CT molecular complexity index is 312. The molecule has 0 radical (unpaired) electrons. The van der Waals surface area contributed by atoms with Crippen molar-refractivity contribution in [1.82, 2.24) is 5.32 Å². The van der Waals surface area contributed by atoms with Crippen LogP contribution in [0.2, 0.25) is 0 Å². The SMILES string of the molecule is CN[C@H]1CCCO[C@@H]1c1ccc(Br)cc1. The highest BCUT2D eigenvalue weighted by Gasteiger charge is 2.25. The normalized spacial score (nSPS) is 26.5. The Morgan fingerprint density at radius 1 is 1.33 bits per heavy atom. The molecule has 82 valence electrons. The topological polar surface area (TPSA) is 21.3 Å². The van der Waals surface area contributed by atoms with Crippen LogP contribution in [0.5, 0.6) is 0 Å². The van der Waals surface area contributed by atoms with E-state index in [1.54, 1.807) is 0 Å². The molecule has 1 N–H and O–H groups in total. The van der Waals surface area contributed by atoms with E-state index in [0.29, 0.717) is 6.04 Å². The summed E-state index contributed by atoms with van der Waals surface area (Å²) in [5.41, 5.74) is 1.26. The van der Waals surface area contributed by atoms with E-state index in [-0.39, 0.29) is 6.10 Å². The van der Waals surface area contributed by atoms with Crippen LogP contribution >= 0.6 is 15.9 Å². The zero-order valence-corrected chi connectivity index (χ0v) is 10.5. The van der Waals surface area contributed by atoms with Crippen molar-refractivity contribution in [1.29, 1.82) is 0 Å². The number of hydrogen-bond donors (Lipinski definition) is 1. The molecule has 0 unspecified atom stereocenters. The van der Waals surface area contributed by atoms with Gasteiger partial charge in [-0.25, -0.2) is 0 Å². The molecule has 2 nitrogen and oxygen atoms in total. The minimum absolute atomic E-state index is 0.205. The van der Waals surface area contributed by atoms with Crippen LogP contribution < -0.4 is 5.32 Å². The lowest BCUT2D eigenvalue weighted by molar-refractivity contribution is -0.00854. The lowest BCUT2D eigenvalue weighted by Crippen LogP contribution is -2.37. The van der Waals surface area contributed by atoms with Gasteiger partial charge in [0.15, 0.2) is 0 Å². The summed E-state index contributed by atoms with van der Waals surface area (Å²) in [7, 11) is 2.01. The van der Waals surface area contributed by atoms with Gasteiger partial charge < -0.3 is 10.1 Å². The summed E-state index contributed by atoms with van der Waals surface area (Å²) in [5, 5.41) is 3.33. The van der Waals surface area contributed by atoms with E-state index in [0.717, 1.165) is 17.5 Å². The molecule has 1 fully saturated rings. The number of likely N-dealkylation sites (N-methyl/N-ethyl adjacent to an activating group) is 1. The van der Waals surface area contributed by atoms with Crippen molar-refractivity contribution in [2.24, 2.45) is 0 Å². The van der Waals surface area contributed by atoms with Crippen molar-refractivity contribution < 1.29 is 4.74 Å². The number of ether oxygens (including phenoxy) is 1. The summed E-state index contributed by atoms with van der Waals surface area (Å²) in [6.07, 6.45) is 2.55. The molecule has 0 aliphatic carbocycles. The second-order valence-electron chi connectivity index (χ2n) is 3.88. The fourth-order valence-corrected chi connectivity index (χ4v) is 2.32. The quantitative estimate of drug-likeness (QED) is 0.892. The molecule has 0 bridgehead atoms. The summed E-state index contributed by atoms with van der Waals surface area (Å²) >= 11 is 3.45. The van der Waals surface area contributed by atoms with E-state index in [9.17, 15) is 0 Å². The van der Waals surface area contributed by atoms with E-state index in [1.807, 2.05) is 7.05 Å². The third kappa shape index (κ3) is 2.60. The smallest absolute Gasteiger partial charge is 0.0977 e. The summed E-state index contributed by atoms with van der Waals surface area (Å²) in [6.45, 7) is 0.874. The Kier molecular flexibility index (Phi) is 3.78. The summed E-state index contributed by atoms with van der Waals surface area (Å²) < 4.78 is 6.94. The van der Waals surface area contributed by atoms with Gasteiger partial charge in [0.05, 0.1) is 6.10 Å². The molecule has 3 heteroatoms. The maximum absolute atomic E-state index is 5.83. The molecular weight excluding hydrogens is 254 g/mol. The van der Waals surface area contributed by atoms with E-state index in [1.165, 1.54) is 12.0 Å². The van der Waals surface area contributed by atoms with Gasteiger partial charge in [-0.05, 0) is 37.6 Å². The number of hydrogen-bond acceptors (Lipinski definition) is 2. The van der Waals surface area contributed by atoms with Crippen LogP contribution in [-0.2, 0) is 4.74 Å². The van der Waals surface area contributed by atoms with Crippen LogP contribution in [0.1, 0.15) is 24.5 Å². The number of benzene rings is 1. The monoisotopic (exact) mass is 269 g/mol. The molecule has 0 aromatic heterocycles. The molecular formula is C12H16BrNO. The van der Waals surface area contributed by atoms with Gasteiger partial charge in [-0.3, -0.25) is 0 Å². The van der Waals surface area contributed by atoms with Gasteiger partial charge in [-0.1, -0.05) is 28.1 Å². The summed E-state index contributed by atoms with van der Waals surface area (Å²) in [4.78, 5) is 0. The molecule has 1 aromatic carbocycles. The molecule has 0 saturated carbocycles. The first kappa shape index (κ1) is 11.1. The van der Waals surface area contributed by atoms with Crippen molar-refractivity contribution in [3.8, 4) is 0 Å². The zero-order valence-electron chi connectivity index (χ0n) is 8.87. The first-order valence-electron chi connectivity index (χ1n) is 5.35. The van der Waals surface area contributed by atoms with Crippen molar-refractivity contribution in [2.45, 2.75) is 25.0 Å². The minimum atomic E-state index is 0.205. The Morgan fingerprint density at radius 3 is 2.73 bits per heavy atom. The van der Waals surface area contributed by atoms with Gasteiger partial charge in [0, 0.05) is 17.1 Å². The highest BCUT2D eigenvalue weighted by molar-refractivity contribution is 9.10. The second-order valence-corrected chi connectivity index (χ2v) is 4.80. The van der Waals surface area contributed by atoms with Crippen LogP contribution in [-0.4, -0.2) is 19.7 Å². The van der Waals surface area contributed by atoms with Gasteiger partial charge >= 0.3 is 0 Å². The van der Waals surface area contributed by atoms with Crippen LogP contribution in [0, 0.1) is 0 Å². The van der Waals surface area contributed by atoms with Gasteiger partial charge in [-0.2, -0.15) is 0 Å². The Labute approximate surface area is 99.1 Å². The maximum Gasteiger partial charge on any atom is 0.0977 e.